The van der Waals surface area contributed by atoms with Crippen molar-refractivity contribution < 1.29 is 0 Å². The van der Waals surface area contributed by atoms with Gasteiger partial charge in [0.2, 0.25) is 0 Å². The molecule has 3 heteroatoms. The first kappa shape index (κ1) is 13.3. The molecule has 0 fully saturated rings. The van der Waals surface area contributed by atoms with E-state index in [1.165, 1.54) is 33.6 Å². The maximum absolute atomic E-state index is 4.76. The van der Waals surface area contributed by atoms with Crippen LogP contribution in [0.2, 0.25) is 0 Å². The molecule has 1 aromatic carbocycles. The second kappa shape index (κ2) is 5.33. The van der Waals surface area contributed by atoms with Crippen LogP contribution >= 0.6 is 0 Å². The van der Waals surface area contributed by atoms with Crippen LogP contribution in [-0.2, 0) is 25.9 Å². The maximum Gasteiger partial charge on any atom is 0.133 e. The number of fused-ring (bicyclic) bond motifs is 1. The lowest BCUT2D eigenvalue weighted by molar-refractivity contribution is 0.754. The van der Waals surface area contributed by atoms with Crippen LogP contribution in [0, 0.1) is 13.8 Å². The predicted octanol–water partition coefficient (Wildman–Crippen LogP) is 2.85. The minimum atomic E-state index is 0.821. The molecule has 0 amide bonds. The van der Waals surface area contributed by atoms with Crippen molar-refractivity contribution in [3.05, 3.63) is 57.7 Å². The summed E-state index contributed by atoms with van der Waals surface area (Å²) >= 11 is 0. The van der Waals surface area contributed by atoms with Gasteiger partial charge in [-0.1, -0.05) is 25.1 Å². The van der Waals surface area contributed by atoms with E-state index in [4.69, 9.17) is 9.97 Å². The van der Waals surface area contributed by atoms with Gasteiger partial charge in [-0.15, -0.1) is 0 Å². The highest BCUT2D eigenvalue weighted by atomic mass is 15.0. The van der Waals surface area contributed by atoms with Gasteiger partial charge in [0.25, 0.3) is 0 Å². The fourth-order valence-corrected chi connectivity index (χ4v) is 2.76. The molecule has 104 valence electrons. The van der Waals surface area contributed by atoms with Crippen molar-refractivity contribution in [1.82, 2.24) is 15.3 Å². The zero-order valence-corrected chi connectivity index (χ0v) is 12.5. The smallest absolute Gasteiger partial charge is 0.133 e. The molecule has 1 aromatic heterocycles. The average molecular weight is 267 g/mol. The monoisotopic (exact) mass is 267 g/mol. The van der Waals surface area contributed by atoms with E-state index in [-0.39, 0.29) is 0 Å². The Morgan fingerprint density at radius 3 is 2.70 bits per heavy atom. The Morgan fingerprint density at radius 2 is 1.95 bits per heavy atom. The van der Waals surface area contributed by atoms with Crippen LogP contribution in [0.1, 0.15) is 46.4 Å². The molecule has 3 nitrogen and oxygen atoms in total. The molecule has 2 heterocycles. The minimum Gasteiger partial charge on any atom is -0.307 e. The van der Waals surface area contributed by atoms with Crippen LogP contribution in [0.5, 0.6) is 0 Å². The summed E-state index contributed by atoms with van der Waals surface area (Å²) in [5.74, 6) is 0.951. The summed E-state index contributed by atoms with van der Waals surface area (Å²) < 4.78 is 0. The van der Waals surface area contributed by atoms with Gasteiger partial charge in [0.05, 0.1) is 5.69 Å². The molecule has 0 radical (unpaired) electrons. The zero-order chi connectivity index (χ0) is 14.1. The number of aromatic nitrogens is 2. The third-order valence-corrected chi connectivity index (χ3v) is 4.09. The van der Waals surface area contributed by atoms with E-state index in [0.29, 0.717) is 0 Å². The molecule has 0 saturated carbocycles. The van der Waals surface area contributed by atoms with E-state index in [1.54, 1.807) is 0 Å². The lowest BCUT2D eigenvalue weighted by Gasteiger charge is -2.09. The molecule has 20 heavy (non-hydrogen) atoms. The highest BCUT2D eigenvalue weighted by molar-refractivity contribution is 5.33. The molecule has 0 aliphatic carbocycles. The Bertz CT molecular complexity index is 647. The molecule has 0 spiro atoms. The Balaban J connectivity index is 1.92. The van der Waals surface area contributed by atoms with Crippen LogP contribution in [0.15, 0.2) is 18.2 Å². The molecule has 0 unspecified atom stereocenters. The summed E-state index contributed by atoms with van der Waals surface area (Å²) in [4.78, 5) is 9.49. The standard InChI is InChI=1S/C17H21N3/c1-4-15-14-9-18-10-16(14)20-17(19-15)8-13-6-5-11(2)12(3)7-13/h5-7,18H,4,8-10H2,1-3H3. The fourth-order valence-electron chi connectivity index (χ4n) is 2.76. The molecule has 1 N–H and O–H groups in total. The summed E-state index contributed by atoms with van der Waals surface area (Å²) in [6, 6.07) is 6.61. The first-order chi connectivity index (χ1) is 9.67. The number of benzene rings is 1. The number of aryl methyl sites for hydroxylation is 3. The predicted molar refractivity (Wildman–Crippen MR) is 80.7 cm³/mol. The lowest BCUT2D eigenvalue weighted by Crippen LogP contribution is -2.06. The van der Waals surface area contributed by atoms with Gasteiger partial charge < -0.3 is 5.32 Å². The molecular weight excluding hydrogens is 246 g/mol. The third kappa shape index (κ3) is 2.46. The number of hydrogen-bond acceptors (Lipinski definition) is 3. The van der Waals surface area contributed by atoms with E-state index in [9.17, 15) is 0 Å². The van der Waals surface area contributed by atoms with E-state index in [2.05, 4.69) is 44.3 Å². The first-order valence-electron chi connectivity index (χ1n) is 7.31. The van der Waals surface area contributed by atoms with Gasteiger partial charge >= 0.3 is 0 Å². The van der Waals surface area contributed by atoms with Crippen molar-refractivity contribution >= 4 is 0 Å². The van der Waals surface area contributed by atoms with Crippen LogP contribution in [0.3, 0.4) is 0 Å². The molecule has 3 rings (SSSR count). The number of rotatable bonds is 3. The second-order valence-corrected chi connectivity index (χ2v) is 5.56. The van der Waals surface area contributed by atoms with Crippen LogP contribution in [0.4, 0.5) is 0 Å². The topological polar surface area (TPSA) is 37.8 Å². The van der Waals surface area contributed by atoms with Gasteiger partial charge in [-0.2, -0.15) is 0 Å². The van der Waals surface area contributed by atoms with Crippen molar-refractivity contribution in [2.24, 2.45) is 0 Å². The molecular formula is C17H21N3. The van der Waals surface area contributed by atoms with Gasteiger partial charge in [0, 0.05) is 30.8 Å². The molecule has 0 atom stereocenters. The summed E-state index contributed by atoms with van der Waals surface area (Å²) in [6.07, 6.45) is 1.80. The van der Waals surface area contributed by atoms with Crippen molar-refractivity contribution in [1.29, 1.82) is 0 Å². The van der Waals surface area contributed by atoms with Gasteiger partial charge in [0.15, 0.2) is 0 Å². The molecule has 2 aromatic rings. The van der Waals surface area contributed by atoms with E-state index in [0.717, 1.165) is 31.8 Å². The molecule has 0 bridgehead atoms. The summed E-state index contributed by atoms with van der Waals surface area (Å²) in [5, 5.41) is 3.37. The fraction of sp³-hybridized carbons (Fsp3) is 0.412. The van der Waals surface area contributed by atoms with Crippen molar-refractivity contribution in [2.75, 3.05) is 0 Å². The zero-order valence-electron chi connectivity index (χ0n) is 12.5. The average Bonchev–Trinajstić information content (AvgIpc) is 2.90. The Morgan fingerprint density at radius 1 is 1.10 bits per heavy atom. The summed E-state index contributed by atoms with van der Waals surface area (Å²) in [6.45, 7) is 8.27. The first-order valence-corrected chi connectivity index (χ1v) is 7.31. The van der Waals surface area contributed by atoms with E-state index in [1.807, 2.05) is 0 Å². The highest BCUT2D eigenvalue weighted by Crippen LogP contribution is 2.19. The molecule has 0 saturated heterocycles. The van der Waals surface area contributed by atoms with Crippen LogP contribution < -0.4 is 5.32 Å². The number of nitrogens with zero attached hydrogens (tertiary/aromatic N) is 2. The quantitative estimate of drug-likeness (QED) is 0.929. The highest BCUT2D eigenvalue weighted by Gasteiger charge is 2.17. The number of hydrogen-bond donors (Lipinski definition) is 1. The Hall–Kier alpha value is -1.74. The second-order valence-electron chi connectivity index (χ2n) is 5.56. The normalized spacial score (nSPS) is 13.6. The minimum absolute atomic E-state index is 0.821. The SMILES string of the molecule is CCc1nc(Cc2ccc(C)c(C)c2)nc2c1CNC2. The summed E-state index contributed by atoms with van der Waals surface area (Å²) in [5.41, 5.74) is 7.68. The van der Waals surface area contributed by atoms with Gasteiger partial charge in [-0.05, 0) is 37.0 Å². The Kier molecular flexibility index (Phi) is 3.53. The van der Waals surface area contributed by atoms with Gasteiger partial charge in [-0.3, -0.25) is 0 Å². The van der Waals surface area contributed by atoms with E-state index >= 15 is 0 Å². The van der Waals surface area contributed by atoms with Gasteiger partial charge in [-0.25, -0.2) is 9.97 Å². The summed E-state index contributed by atoms with van der Waals surface area (Å²) in [7, 11) is 0. The van der Waals surface area contributed by atoms with Crippen LogP contribution in [-0.4, -0.2) is 9.97 Å². The Labute approximate surface area is 120 Å². The van der Waals surface area contributed by atoms with Crippen LogP contribution in [0.25, 0.3) is 0 Å². The number of nitrogens with one attached hydrogen (secondary N) is 1. The lowest BCUT2D eigenvalue weighted by atomic mass is 10.0. The van der Waals surface area contributed by atoms with Gasteiger partial charge in [0.1, 0.15) is 5.82 Å². The van der Waals surface area contributed by atoms with Crippen molar-refractivity contribution in [3.8, 4) is 0 Å². The molecule has 1 aliphatic heterocycles. The third-order valence-electron chi connectivity index (χ3n) is 4.09. The van der Waals surface area contributed by atoms with E-state index < -0.39 is 0 Å². The maximum atomic E-state index is 4.76. The van der Waals surface area contributed by atoms with Crippen molar-refractivity contribution in [2.45, 2.75) is 46.7 Å². The molecule has 1 aliphatic rings. The largest absolute Gasteiger partial charge is 0.307 e. The van der Waals surface area contributed by atoms with Crippen molar-refractivity contribution in [3.63, 3.8) is 0 Å².